The molecule has 0 atom stereocenters. The minimum Gasteiger partial charge on any atom is -0.338 e. The Labute approximate surface area is 178 Å². The molecule has 0 bridgehead atoms. The number of nitrogens with zero attached hydrogens (tertiary/aromatic N) is 3. The summed E-state index contributed by atoms with van der Waals surface area (Å²) >= 11 is 0. The number of aromatic amines is 1. The molecule has 0 amide bonds. The van der Waals surface area contributed by atoms with E-state index in [1.807, 2.05) is 67.6 Å². The molecule has 5 nitrogen and oxygen atoms in total. The summed E-state index contributed by atoms with van der Waals surface area (Å²) in [6.07, 6.45) is 1.79. The van der Waals surface area contributed by atoms with E-state index >= 15 is 0 Å². The number of imidazole rings is 1. The number of aromatic nitrogens is 3. The maximum absolute atomic E-state index is 13.5. The second kappa shape index (κ2) is 7.43. The maximum atomic E-state index is 13.5. The van der Waals surface area contributed by atoms with Gasteiger partial charge in [-0.1, -0.05) is 48.5 Å². The zero-order valence-electron chi connectivity index (χ0n) is 16.8. The van der Waals surface area contributed by atoms with Gasteiger partial charge >= 0.3 is 0 Å². The Morgan fingerprint density at radius 1 is 0.935 bits per heavy atom. The first kappa shape index (κ1) is 18.6. The van der Waals surface area contributed by atoms with Gasteiger partial charge in [0, 0.05) is 28.6 Å². The van der Waals surface area contributed by atoms with E-state index in [2.05, 4.69) is 11.1 Å². The van der Waals surface area contributed by atoms with Crippen LogP contribution in [0.3, 0.4) is 0 Å². The lowest BCUT2D eigenvalue weighted by atomic mass is 10.00. The van der Waals surface area contributed by atoms with Gasteiger partial charge in [-0.05, 0) is 42.8 Å². The zero-order valence-corrected chi connectivity index (χ0v) is 16.8. The number of H-pyrrole nitrogens is 1. The Kier molecular flexibility index (Phi) is 4.46. The van der Waals surface area contributed by atoms with E-state index < -0.39 is 0 Å². The van der Waals surface area contributed by atoms with Gasteiger partial charge in [-0.3, -0.25) is 9.36 Å². The Hall–Kier alpha value is -4.43. The molecule has 0 aliphatic rings. The largest absolute Gasteiger partial charge is 0.338 e. The minimum absolute atomic E-state index is 0.190. The highest BCUT2D eigenvalue weighted by atomic mass is 16.1. The van der Waals surface area contributed by atoms with Crippen molar-refractivity contribution in [2.45, 2.75) is 6.92 Å². The average Bonchev–Trinajstić information content (AvgIpc) is 3.26. The molecule has 0 unspecified atom stereocenters. The number of nitriles is 1. The van der Waals surface area contributed by atoms with Gasteiger partial charge in [0.15, 0.2) is 0 Å². The zero-order chi connectivity index (χ0) is 21.4. The monoisotopic (exact) mass is 402 g/mol. The highest BCUT2D eigenvalue weighted by molar-refractivity contribution is 5.83. The fraction of sp³-hybridized carbons (Fsp3) is 0.0385. The van der Waals surface area contributed by atoms with E-state index in [-0.39, 0.29) is 5.56 Å². The Balaban J connectivity index is 1.82. The van der Waals surface area contributed by atoms with Crippen LogP contribution in [-0.4, -0.2) is 14.5 Å². The van der Waals surface area contributed by atoms with Gasteiger partial charge in [0.1, 0.15) is 5.82 Å². The summed E-state index contributed by atoms with van der Waals surface area (Å²) in [7, 11) is 0. The molecule has 2 heterocycles. The number of fused-ring (bicyclic) bond motifs is 1. The number of aryl methyl sites for hydroxylation is 1. The van der Waals surface area contributed by atoms with Crippen LogP contribution in [0.25, 0.3) is 39.2 Å². The topological polar surface area (TPSA) is 74.5 Å². The molecule has 5 aromatic rings. The van der Waals surface area contributed by atoms with Crippen molar-refractivity contribution < 1.29 is 0 Å². The summed E-state index contributed by atoms with van der Waals surface area (Å²) in [5.41, 5.74) is 5.75. The molecule has 0 fully saturated rings. The van der Waals surface area contributed by atoms with Gasteiger partial charge in [0.2, 0.25) is 0 Å². The Morgan fingerprint density at radius 3 is 2.48 bits per heavy atom. The normalized spacial score (nSPS) is 10.8. The van der Waals surface area contributed by atoms with Crippen molar-refractivity contribution in [2.24, 2.45) is 0 Å². The van der Waals surface area contributed by atoms with Crippen molar-refractivity contribution >= 4 is 11.0 Å². The summed E-state index contributed by atoms with van der Waals surface area (Å²) in [6, 6.07) is 26.6. The summed E-state index contributed by atoms with van der Waals surface area (Å²) < 4.78 is 1.61. The number of rotatable bonds is 3. The third-order valence-electron chi connectivity index (χ3n) is 5.38. The van der Waals surface area contributed by atoms with Crippen molar-refractivity contribution in [3.8, 4) is 34.3 Å². The van der Waals surface area contributed by atoms with Gasteiger partial charge in [-0.15, -0.1) is 0 Å². The van der Waals surface area contributed by atoms with Gasteiger partial charge in [-0.25, -0.2) is 4.98 Å². The first-order valence-corrected chi connectivity index (χ1v) is 9.93. The van der Waals surface area contributed by atoms with Crippen LogP contribution < -0.4 is 5.56 Å². The van der Waals surface area contributed by atoms with Crippen molar-refractivity contribution in [2.75, 3.05) is 0 Å². The quantitative estimate of drug-likeness (QED) is 0.449. The molecule has 0 aliphatic heterocycles. The molecule has 2 aromatic heterocycles. The van der Waals surface area contributed by atoms with Crippen LogP contribution in [0.5, 0.6) is 0 Å². The fourth-order valence-corrected chi connectivity index (χ4v) is 3.81. The van der Waals surface area contributed by atoms with E-state index in [1.54, 1.807) is 29.0 Å². The van der Waals surface area contributed by atoms with Crippen LogP contribution >= 0.6 is 0 Å². The molecular weight excluding hydrogens is 384 g/mol. The third kappa shape index (κ3) is 3.21. The predicted octanol–water partition coefficient (Wildman–Crippen LogP) is 5.23. The SMILES string of the molecule is Cc1cccc2[nH]c(-c3cc(-c4ccccc4C#N)c(=O)n(-c4ccccc4)c3)nc12. The fourth-order valence-electron chi connectivity index (χ4n) is 3.81. The van der Waals surface area contributed by atoms with Crippen LogP contribution in [0, 0.1) is 18.3 Å². The Bertz CT molecular complexity index is 1520. The first-order valence-electron chi connectivity index (χ1n) is 9.93. The summed E-state index contributed by atoms with van der Waals surface area (Å²) in [6.45, 7) is 2.02. The number of nitrogens with one attached hydrogen (secondary N) is 1. The molecule has 5 rings (SSSR count). The molecule has 0 radical (unpaired) electrons. The second-order valence-corrected chi connectivity index (χ2v) is 7.37. The van der Waals surface area contributed by atoms with E-state index in [0.717, 1.165) is 27.8 Å². The molecule has 0 spiro atoms. The highest BCUT2D eigenvalue weighted by Crippen LogP contribution is 2.27. The lowest BCUT2D eigenvalue weighted by molar-refractivity contribution is 0.992. The van der Waals surface area contributed by atoms with Crippen molar-refractivity contribution in [1.82, 2.24) is 14.5 Å². The smallest absolute Gasteiger partial charge is 0.263 e. The van der Waals surface area contributed by atoms with Gasteiger partial charge < -0.3 is 4.98 Å². The number of hydrogen-bond acceptors (Lipinski definition) is 3. The molecule has 5 heteroatoms. The third-order valence-corrected chi connectivity index (χ3v) is 5.38. The van der Waals surface area contributed by atoms with E-state index in [4.69, 9.17) is 4.98 Å². The van der Waals surface area contributed by atoms with Gasteiger partial charge in [0.25, 0.3) is 5.56 Å². The van der Waals surface area contributed by atoms with Crippen LogP contribution in [0.4, 0.5) is 0 Å². The van der Waals surface area contributed by atoms with Crippen molar-refractivity contribution in [1.29, 1.82) is 5.26 Å². The average molecular weight is 402 g/mol. The molecule has 1 N–H and O–H groups in total. The molecule has 0 saturated heterocycles. The van der Waals surface area contributed by atoms with Crippen LogP contribution in [0.2, 0.25) is 0 Å². The van der Waals surface area contributed by atoms with E-state index in [9.17, 15) is 10.1 Å². The lowest BCUT2D eigenvalue weighted by Gasteiger charge is -2.12. The van der Waals surface area contributed by atoms with Crippen molar-refractivity contribution in [3.63, 3.8) is 0 Å². The molecular formula is C26H18N4O. The first-order chi connectivity index (χ1) is 15.2. The minimum atomic E-state index is -0.190. The van der Waals surface area contributed by atoms with E-state index in [0.29, 0.717) is 22.5 Å². The maximum Gasteiger partial charge on any atom is 0.263 e. The Morgan fingerprint density at radius 2 is 1.71 bits per heavy atom. The number of pyridine rings is 1. The van der Waals surface area contributed by atoms with Crippen LogP contribution in [0.1, 0.15) is 11.1 Å². The van der Waals surface area contributed by atoms with E-state index in [1.165, 1.54) is 0 Å². The lowest BCUT2D eigenvalue weighted by Crippen LogP contribution is -2.20. The number of hydrogen-bond donors (Lipinski definition) is 1. The summed E-state index contributed by atoms with van der Waals surface area (Å²) in [5, 5.41) is 9.59. The predicted molar refractivity (Wildman–Crippen MR) is 122 cm³/mol. The molecule has 0 saturated carbocycles. The van der Waals surface area contributed by atoms with Gasteiger partial charge in [-0.2, -0.15) is 5.26 Å². The molecule has 0 aliphatic carbocycles. The standard InChI is InChI=1S/C26H18N4O/c1-17-8-7-13-23-24(17)29-25(28-23)19-14-22(21-12-6-5-9-18(21)15-27)26(31)30(16-19)20-10-3-2-4-11-20/h2-14,16H,1H3,(H,28,29). The molecule has 148 valence electrons. The summed E-state index contributed by atoms with van der Waals surface area (Å²) in [4.78, 5) is 21.6. The highest BCUT2D eigenvalue weighted by Gasteiger charge is 2.16. The summed E-state index contributed by atoms with van der Waals surface area (Å²) in [5.74, 6) is 0.671. The van der Waals surface area contributed by atoms with Crippen molar-refractivity contribution in [3.05, 3.63) is 107 Å². The molecule has 31 heavy (non-hydrogen) atoms. The van der Waals surface area contributed by atoms with Gasteiger partial charge in [0.05, 0.1) is 22.7 Å². The molecule has 3 aromatic carbocycles. The van der Waals surface area contributed by atoms with Crippen LogP contribution in [-0.2, 0) is 0 Å². The second-order valence-electron chi connectivity index (χ2n) is 7.37. The number of benzene rings is 3. The van der Waals surface area contributed by atoms with Crippen LogP contribution in [0.15, 0.2) is 89.9 Å². The number of para-hydroxylation sites is 2.